The fourth-order valence-electron chi connectivity index (χ4n) is 4.20. The first kappa shape index (κ1) is 27.5. The number of aryl methyl sites for hydroxylation is 1. The Balaban J connectivity index is 2.06. The zero-order chi connectivity index (χ0) is 25.2. The van der Waals surface area contributed by atoms with E-state index in [1.165, 1.54) is 11.1 Å². The molecular weight excluding hydrogens is 424 g/mol. The van der Waals surface area contributed by atoms with Gasteiger partial charge in [0.25, 0.3) is 0 Å². The normalized spacial score (nSPS) is 11.6. The number of rotatable bonds is 12. The zero-order valence-electron chi connectivity index (χ0n) is 21.4. The average molecular weight is 465 g/mol. The molecule has 4 heteroatoms. The quantitative estimate of drug-likeness (QED) is 0.280. The lowest BCUT2D eigenvalue weighted by Gasteiger charge is -2.33. The van der Waals surface area contributed by atoms with Gasteiger partial charge in [0.15, 0.2) is 0 Å². The van der Waals surface area contributed by atoms with E-state index in [2.05, 4.69) is 62.9 Å². The second kappa shape index (κ2) is 12.6. The molecule has 0 aliphatic rings. The molecule has 2 N–H and O–H groups in total. The van der Waals surface area contributed by atoms with Crippen molar-refractivity contribution in [1.29, 1.82) is 0 Å². The zero-order valence-corrected chi connectivity index (χ0v) is 21.4. The van der Waals surface area contributed by atoms with Crippen LogP contribution in [0.1, 0.15) is 88.5 Å². The Labute approximate surface area is 205 Å². The summed E-state index contributed by atoms with van der Waals surface area (Å²) < 4.78 is 5.83. The van der Waals surface area contributed by atoms with Crippen molar-refractivity contribution < 1.29 is 19.7 Å². The van der Waals surface area contributed by atoms with Gasteiger partial charge >= 0.3 is 5.97 Å². The maximum absolute atomic E-state index is 10.6. The van der Waals surface area contributed by atoms with Gasteiger partial charge in [-0.25, -0.2) is 0 Å². The van der Waals surface area contributed by atoms with Crippen LogP contribution in [-0.2, 0) is 16.6 Å². The van der Waals surface area contributed by atoms with E-state index >= 15 is 0 Å². The summed E-state index contributed by atoms with van der Waals surface area (Å²) in [4.78, 5) is 10.6. The second-order valence-electron chi connectivity index (χ2n) is 9.70. The topological polar surface area (TPSA) is 66.8 Å². The van der Waals surface area contributed by atoms with Crippen LogP contribution in [0.15, 0.2) is 42.5 Å². The van der Waals surface area contributed by atoms with Crippen LogP contribution >= 0.6 is 0 Å². The smallest absolute Gasteiger partial charge is 0.303 e. The fourth-order valence-corrected chi connectivity index (χ4v) is 4.20. The minimum Gasteiger partial charge on any atom is -0.494 e. The van der Waals surface area contributed by atoms with Crippen LogP contribution in [0, 0.1) is 18.8 Å². The van der Waals surface area contributed by atoms with Crippen molar-refractivity contribution >= 4 is 5.97 Å². The van der Waals surface area contributed by atoms with E-state index in [1.54, 1.807) is 13.8 Å². The third-order valence-electron chi connectivity index (χ3n) is 6.46. The maximum Gasteiger partial charge on any atom is 0.303 e. The van der Waals surface area contributed by atoms with E-state index in [0.717, 1.165) is 49.0 Å². The Morgan fingerprint density at radius 1 is 1.00 bits per heavy atom. The van der Waals surface area contributed by atoms with Gasteiger partial charge in [0, 0.05) is 12.0 Å². The van der Waals surface area contributed by atoms with Gasteiger partial charge < -0.3 is 14.9 Å². The van der Waals surface area contributed by atoms with Gasteiger partial charge in [-0.3, -0.25) is 4.79 Å². The van der Waals surface area contributed by atoms with Gasteiger partial charge in [-0.1, -0.05) is 50.0 Å². The highest BCUT2D eigenvalue weighted by Crippen LogP contribution is 2.36. The van der Waals surface area contributed by atoms with Gasteiger partial charge in [0.2, 0.25) is 0 Å². The van der Waals surface area contributed by atoms with Crippen molar-refractivity contribution in [3.63, 3.8) is 0 Å². The molecule has 0 unspecified atom stereocenters. The molecule has 0 saturated carbocycles. The highest BCUT2D eigenvalue weighted by atomic mass is 16.5. The van der Waals surface area contributed by atoms with Gasteiger partial charge in [-0.15, -0.1) is 0 Å². The highest BCUT2D eigenvalue weighted by Gasteiger charge is 2.29. The van der Waals surface area contributed by atoms with Crippen molar-refractivity contribution in [2.75, 3.05) is 6.61 Å². The number of ether oxygens (including phenoxy) is 1. The monoisotopic (exact) mass is 464 g/mol. The average Bonchev–Trinajstić information content (AvgIpc) is 2.79. The summed E-state index contributed by atoms with van der Waals surface area (Å²) in [5.41, 5.74) is 3.73. The Kier molecular flexibility index (Phi) is 10.2. The van der Waals surface area contributed by atoms with Crippen molar-refractivity contribution in [3.8, 4) is 17.6 Å². The third kappa shape index (κ3) is 8.54. The number of aliphatic carboxylic acids is 1. The predicted molar refractivity (Wildman–Crippen MR) is 138 cm³/mol. The van der Waals surface area contributed by atoms with Crippen LogP contribution < -0.4 is 4.74 Å². The first-order valence-corrected chi connectivity index (χ1v) is 12.4. The highest BCUT2D eigenvalue weighted by molar-refractivity contribution is 5.66. The molecule has 4 nitrogen and oxygen atoms in total. The van der Waals surface area contributed by atoms with Crippen molar-refractivity contribution in [1.82, 2.24) is 0 Å². The summed E-state index contributed by atoms with van der Waals surface area (Å²) in [6.45, 7) is 10.6. The Hall–Kier alpha value is -2.77. The molecule has 2 rings (SSSR count). The molecule has 0 bridgehead atoms. The Morgan fingerprint density at radius 2 is 1.68 bits per heavy atom. The molecule has 0 aromatic heterocycles. The molecule has 0 amide bonds. The summed E-state index contributed by atoms with van der Waals surface area (Å²) >= 11 is 0. The lowest BCUT2D eigenvalue weighted by atomic mass is 9.71. The SMILES string of the molecule is CCC(CC)(Cc1ccc(OCCCCCC(=O)O)cc1)c1ccc(C#CC(C)(C)O)c(C)c1. The standard InChI is InChI=1S/C30H40O4/c1-6-30(7-2,26-15-14-25(23(3)21-26)18-19-29(4,5)33)22-24-12-16-27(17-13-24)34-20-10-8-9-11-28(31)32/h12-17,21,33H,6-11,20,22H2,1-5H3,(H,31,32). The van der Waals surface area contributed by atoms with Crippen molar-refractivity contribution in [2.45, 2.75) is 90.6 Å². The van der Waals surface area contributed by atoms with Crippen LogP contribution in [0.3, 0.4) is 0 Å². The van der Waals surface area contributed by atoms with E-state index in [4.69, 9.17) is 9.84 Å². The Morgan fingerprint density at radius 3 is 2.24 bits per heavy atom. The van der Waals surface area contributed by atoms with Crippen LogP contribution in [0.2, 0.25) is 0 Å². The van der Waals surface area contributed by atoms with E-state index in [9.17, 15) is 9.90 Å². The number of hydrogen-bond acceptors (Lipinski definition) is 3. The summed E-state index contributed by atoms with van der Waals surface area (Å²) in [5, 5.41) is 18.6. The molecule has 0 spiro atoms. The summed E-state index contributed by atoms with van der Waals surface area (Å²) in [6, 6.07) is 14.9. The minimum atomic E-state index is -1.00. The Bertz CT molecular complexity index is 983. The number of carbonyl (C=O) groups is 1. The molecule has 2 aromatic rings. The molecule has 184 valence electrons. The number of hydrogen-bond donors (Lipinski definition) is 2. The van der Waals surface area contributed by atoms with Crippen molar-refractivity contribution in [3.05, 3.63) is 64.7 Å². The van der Waals surface area contributed by atoms with Crippen LogP contribution in [-0.4, -0.2) is 28.4 Å². The maximum atomic E-state index is 10.6. The fraction of sp³-hybridized carbons (Fsp3) is 0.500. The number of carboxylic acid groups (broad SMARTS) is 1. The summed E-state index contributed by atoms with van der Waals surface area (Å²) in [6.07, 6.45) is 5.66. The summed E-state index contributed by atoms with van der Waals surface area (Å²) in [5.74, 6) is 6.14. The minimum absolute atomic E-state index is 0.0412. The van der Waals surface area contributed by atoms with E-state index in [1.807, 2.05) is 12.1 Å². The number of carboxylic acids is 1. The van der Waals surface area contributed by atoms with Crippen molar-refractivity contribution in [2.24, 2.45) is 0 Å². The molecule has 0 fully saturated rings. The number of benzene rings is 2. The lowest BCUT2D eigenvalue weighted by molar-refractivity contribution is -0.137. The molecule has 0 aliphatic heterocycles. The van der Waals surface area contributed by atoms with Crippen LogP contribution in [0.4, 0.5) is 0 Å². The lowest BCUT2D eigenvalue weighted by Crippen LogP contribution is -2.27. The molecule has 0 saturated heterocycles. The summed E-state index contributed by atoms with van der Waals surface area (Å²) in [7, 11) is 0. The molecular formula is C30H40O4. The van der Waals surface area contributed by atoms with Crippen LogP contribution in [0.5, 0.6) is 5.75 Å². The van der Waals surface area contributed by atoms with Gasteiger partial charge in [0.05, 0.1) is 6.61 Å². The first-order chi connectivity index (χ1) is 16.1. The van der Waals surface area contributed by atoms with E-state index in [0.29, 0.717) is 13.0 Å². The second-order valence-corrected chi connectivity index (χ2v) is 9.70. The molecule has 0 aliphatic carbocycles. The van der Waals surface area contributed by atoms with Crippen LogP contribution in [0.25, 0.3) is 0 Å². The third-order valence-corrected chi connectivity index (χ3v) is 6.46. The van der Waals surface area contributed by atoms with Gasteiger partial charge in [-0.05, 0) is 99.6 Å². The molecule has 2 aromatic carbocycles. The molecule has 34 heavy (non-hydrogen) atoms. The predicted octanol–water partition coefficient (Wildman–Crippen LogP) is 6.44. The number of unbranched alkanes of at least 4 members (excludes halogenated alkanes) is 2. The first-order valence-electron chi connectivity index (χ1n) is 12.4. The van der Waals surface area contributed by atoms with E-state index in [-0.39, 0.29) is 11.8 Å². The molecule has 0 heterocycles. The van der Waals surface area contributed by atoms with Gasteiger partial charge in [-0.2, -0.15) is 0 Å². The van der Waals surface area contributed by atoms with Gasteiger partial charge in [0.1, 0.15) is 11.4 Å². The number of aliphatic hydroxyl groups is 1. The largest absolute Gasteiger partial charge is 0.494 e. The van der Waals surface area contributed by atoms with E-state index < -0.39 is 11.6 Å². The molecule has 0 atom stereocenters. The molecule has 0 radical (unpaired) electrons.